The SMILES string of the molecule is O=C1N[C@@H](c2cc3c(cc2[N+](=O)[O-])OCO3)CO1. The summed E-state index contributed by atoms with van der Waals surface area (Å²) < 4.78 is 15.0. The van der Waals surface area contributed by atoms with Crippen LogP contribution in [0.15, 0.2) is 12.1 Å². The molecule has 0 aromatic heterocycles. The lowest BCUT2D eigenvalue weighted by molar-refractivity contribution is -0.385. The molecule has 2 heterocycles. The van der Waals surface area contributed by atoms with Gasteiger partial charge in [-0.2, -0.15) is 0 Å². The number of hydrogen-bond acceptors (Lipinski definition) is 6. The first-order valence-corrected chi connectivity index (χ1v) is 5.16. The van der Waals surface area contributed by atoms with Crippen LogP contribution in [0.3, 0.4) is 0 Å². The molecule has 0 aliphatic carbocycles. The summed E-state index contributed by atoms with van der Waals surface area (Å²) >= 11 is 0. The monoisotopic (exact) mass is 252 g/mol. The number of nitro benzene ring substituents is 1. The van der Waals surface area contributed by atoms with Crippen LogP contribution in [0.2, 0.25) is 0 Å². The van der Waals surface area contributed by atoms with Crippen LogP contribution in [0.4, 0.5) is 10.5 Å². The molecule has 1 saturated heterocycles. The molecule has 0 radical (unpaired) electrons. The Hall–Kier alpha value is -2.51. The maximum Gasteiger partial charge on any atom is 0.407 e. The van der Waals surface area contributed by atoms with Crippen molar-refractivity contribution >= 4 is 11.8 Å². The largest absolute Gasteiger partial charge is 0.454 e. The molecule has 1 N–H and O–H groups in total. The Kier molecular flexibility index (Phi) is 2.22. The van der Waals surface area contributed by atoms with E-state index >= 15 is 0 Å². The quantitative estimate of drug-likeness (QED) is 0.625. The Bertz CT molecular complexity index is 543. The second kappa shape index (κ2) is 3.76. The normalized spacial score (nSPS) is 20.4. The molecule has 8 heteroatoms. The molecule has 18 heavy (non-hydrogen) atoms. The maximum absolute atomic E-state index is 11.0. The van der Waals surface area contributed by atoms with E-state index in [1.165, 1.54) is 12.1 Å². The summed E-state index contributed by atoms with van der Waals surface area (Å²) in [5.41, 5.74) is 0.213. The Morgan fingerprint density at radius 1 is 1.28 bits per heavy atom. The number of benzene rings is 1. The first-order valence-electron chi connectivity index (χ1n) is 5.16. The molecule has 8 nitrogen and oxygen atoms in total. The van der Waals surface area contributed by atoms with Crippen molar-refractivity contribution in [1.29, 1.82) is 0 Å². The lowest BCUT2D eigenvalue weighted by Gasteiger charge is -2.09. The standard InChI is InChI=1S/C10H8N2O6/c13-10-11-6(3-16-10)5-1-8-9(18-4-17-8)2-7(5)12(14)15/h1-2,6H,3-4H2,(H,11,13)/t6-/m1/s1. The third-order valence-corrected chi connectivity index (χ3v) is 2.77. The molecule has 0 spiro atoms. The number of fused-ring (bicyclic) bond motifs is 1. The third-order valence-electron chi connectivity index (χ3n) is 2.77. The summed E-state index contributed by atoms with van der Waals surface area (Å²) in [6.45, 7) is 0.0861. The second-order valence-electron chi connectivity index (χ2n) is 3.82. The summed E-state index contributed by atoms with van der Waals surface area (Å²) in [6, 6.07) is 2.25. The molecule has 94 valence electrons. The number of hydrogen-bond donors (Lipinski definition) is 1. The summed E-state index contributed by atoms with van der Waals surface area (Å²) in [6.07, 6.45) is -0.591. The van der Waals surface area contributed by atoms with Gasteiger partial charge in [0.2, 0.25) is 6.79 Å². The highest BCUT2D eigenvalue weighted by molar-refractivity contribution is 5.71. The van der Waals surface area contributed by atoms with Gasteiger partial charge in [0.1, 0.15) is 6.61 Å². The molecule has 2 aliphatic rings. The molecular weight excluding hydrogens is 244 g/mol. The van der Waals surface area contributed by atoms with Gasteiger partial charge in [0.05, 0.1) is 22.6 Å². The highest BCUT2D eigenvalue weighted by atomic mass is 16.7. The van der Waals surface area contributed by atoms with Gasteiger partial charge in [-0.15, -0.1) is 0 Å². The van der Waals surface area contributed by atoms with Gasteiger partial charge in [-0.25, -0.2) is 4.79 Å². The fourth-order valence-corrected chi connectivity index (χ4v) is 1.94. The van der Waals surface area contributed by atoms with E-state index in [2.05, 4.69) is 5.32 Å². The number of nitrogens with zero attached hydrogens (tertiary/aromatic N) is 1. The van der Waals surface area contributed by atoms with Crippen LogP contribution in [0.1, 0.15) is 11.6 Å². The van der Waals surface area contributed by atoms with Gasteiger partial charge in [0, 0.05) is 0 Å². The van der Waals surface area contributed by atoms with E-state index in [-0.39, 0.29) is 19.1 Å². The molecule has 3 rings (SSSR count). The van der Waals surface area contributed by atoms with E-state index in [0.29, 0.717) is 17.1 Å². The highest BCUT2D eigenvalue weighted by Gasteiger charge is 2.32. The molecule has 1 atom stereocenters. The smallest absolute Gasteiger partial charge is 0.407 e. The van der Waals surface area contributed by atoms with Gasteiger partial charge in [0.25, 0.3) is 5.69 Å². The van der Waals surface area contributed by atoms with Crippen LogP contribution >= 0.6 is 0 Å². The van der Waals surface area contributed by atoms with Crippen LogP contribution in [-0.2, 0) is 4.74 Å². The number of alkyl carbamates (subject to hydrolysis) is 1. The number of ether oxygens (including phenoxy) is 3. The van der Waals surface area contributed by atoms with Crippen molar-refractivity contribution in [2.45, 2.75) is 6.04 Å². The zero-order chi connectivity index (χ0) is 12.7. The number of nitrogens with one attached hydrogen (secondary N) is 1. The van der Waals surface area contributed by atoms with E-state index in [1.807, 2.05) is 0 Å². The lowest BCUT2D eigenvalue weighted by Crippen LogP contribution is -2.19. The van der Waals surface area contributed by atoms with Gasteiger partial charge in [0.15, 0.2) is 11.5 Å². The Morgan fingerprint density at radius 3 is 2.61 bits per heavy atom. The third kappa shape index (κ3) is 1.58. The second-order valence-corrected chi connectivity index (χ2v) is 3.82. The predicted octanol–water partition coefficient (Wildman–Crippen LogP) is 1.10. The number of carbonyl (C=O) groups excluding carboxylic acids is 1. The predicted molar refractivity (Wildman–Crippen MR) is 56.4 cm³/mol. The van der Waals surface area contributed by atoms with Crippen molar-refractivity contribution in [3.63, 3.8) is 0 Å². The fourth-order valence-electron chi connectivity index (χ4n) is 1.94. The van der Waals surface area contributed by atoms with Gasteiger partial charge < -0.3 is 19.5 Å². The summed E-state index contributed by atoms with van der Waals surface area (Å²) in [4.78, 5) is 21.5. The Balaban J connectivity index is 2.06. The van der Waals surface area contributed by atoms with Crippen molar-refractivity contribution in [3.05, 3.63) is 27.8 Å². The zero-order valence-corrected chi connectivity index (χ0v) is 9.04. The Labute approximate surface area is 101 Å². The van der Waals surface area contributed by atoms with Crippen LogP contribution in [-0.4, -0.2) is 24.4 Å². The van der Waals surface area contributed by atoms with Crippen LogP contribution in [0, 0.1) is 10.1 Å². The number of cyclic esters (lactones) is 1. The minimum absolute atomic E-state index is 0.0312. The number of nitro groups is 1. The van der Waals surface area contributed by atoms with Crippen molar-refractivity contribution in [1.82, 2.24) is 5.32 Å². The molecular formula is C10H8N2O6. The fraction of sp³-hybridized carbons (Fsp3) is 0.300. The highest BCUT2D eigenvalue weighted by Crippen LogP contribution is 2.40. The van der Waals surface area contributed by atoms with Gasteiger partial charge in [-0.05, 0) is 6.07 Å². The molecule has 1 aromatic carbocycles. The average Bonchev–Trinajstić information content (AvgIpc) is 2.94. The summed E-state index contributed by atoms with van der Waals surface area (Å²) in [5, 5.41) is 13.5. The minimum atomic E-state index is -0.591. The van der Waals surface area contributed by atoms with Gasteiger partial charge >= 0.3 is 6.09 Å². The van der Waals surface area contributed by atoms with E-state index in [9.17, 15) is 14.9 Å². The summed E-state index contributed by atoms with van der Waals surface area (Å²) in [7, 11) is 0. The molecule has 2 aliphatic heterocycles. The van der Waals surface area contributed by atoms with E-state index < -0.39 is 17.1 Å². The van der Waals surface area contributed by atoms with Crippen LogP contribution in [0.25, 0.3) is 0 Å². The molecule has 1 amide bonds. The van der Waals surface area contributed by atoms with Crippen molar-refractivity contribution in [2.24, 2.45) is 0 Å². The molecule has 1 fully saturated rings. The first-order chi connectivity index (χ1) is 8.65. The van der Waals surface area contributed by atoms with E-state index in [1.54, 1.807) is 0 Å². The molecule has 0 unspecified atom stereocenters. The van der Waals surface area contributed by atoms with Crippen molar-refractivity contribution in [2.75, 3.05) is 13.4 Å². The minimum Gasteiger partial charge on any atom is -0.454 e. The summed E-state index contributed by atoms with van der Waals surface area (Å²) in [5.74, 6) is 0.757. The maximum atomic E-state index is 11.0. The first kappa shape index (κ1) is 10.6. The van der Waals surface area contributed by atoms with Gasteiger partial charge in [-0.1, -0.05) is 0 Å². The molecule has 0 saturated carbocycles. The number of amides is 1. The number of carbonyl (C=O) groups is 1. The zero-order valence-electron chi connectivity index (χ0n) is 9.04. The Morgan fingerprint density at radius 2 is 2.00 bits per heavy atom. The molecule has 0 bridgehead atoms. The van der Waals surface area contributed by atoms with Gasteiger partial charge in [-0.3, -0.25) is 10.1 Å². The average molecular weight is 252 g/mol. The van der Waals surface area contributed by atoms with E-state index in [4.69, 9.17) is 14.2 Å². The molecule has 1 aromatic rings. The van der Waals surface area contributed by atoms with Crippen molar-refractivity contribution < 1.29 is 23.9 Å². The lowest BCUT2D eigenvalue weighted by atomic mass is 10.0. The number of rotatable bonds is 2. The van der Waals surface area contributed by atoms with E-state index in [0.717, 1.165) is 0 Å². The topological polar surface area (TPSA) is 99.9 Å². The van der Waals surface area contributed by atoms with Crippen LogP contribution < -0.4 is 14.8 Å². The van der Waals surface area contributed by atoms with Crippen LogP contribution in [0.5, 0.6) is 11.5 Å². The van der Waals surface area contributed by atoms with Crippen molar-refractivity contribution in [3.8, 4) is 11.5 Å².